The molecule has 3 saturated heterocycles. The summed E-state index contributed by atoms with van der Waals surface area (Å²) < 4.78 is 35.7. The Labute approximate surface area is 124 Å². The lowest BCUT2D eigenvalue weighted by atomic mass is 10.0. The van der Waals surface area contributed by atoms with Crippen molar-refractivity contribution in [1.29, 1.82) is 0 Å². The van der Waals surface area contributed by atoms with E-state index in [2.05, 4.69) is 4.98 Å². The molecule has 1 N–H and O–H groups in total. The molecule has 0 aliphatic carbocycles. The maximum Gasteiger partial charge on any atom is 0.330 e. The minimum Gasteiger partial charge on any atom is -0.367 e. The molecule has 4 rings (SSSR count). The summed E-state index contributed by atoms with van der Waals surface area (Å²) >= 11 is 0. The Morgan fingerprint density at radius 3 is 2.95 bits per heavy atom. The van der Waals surface area contributed by atoms with Crippen molar-refractivity contribution in [2.45, 2.75) is 31.0 Å². The Bertz CT molecular complexity index is 801. The molecule has 0 spiro atoms. The van der Waals surface area contributed by atoms with Crippen molar-refractivity contribution in [3.8, 4) is 0 Å². The number of H-pyrrole nitrogens is 1. The van der Waals surface area contributed by atoms with Crippen molar-refractivity contribution < 1.29 is 23.1 Å². The summed E-state index contributed by atoms with van der Waals surface area (Å²) in [7, 11) is -3.15. The monoisotopic (exact) mass is 330 g/mol. The molecule has 3 fully saturated rings. The molecule has 1 aromatic rings. The molecule has 4 heterocycles. The van der Waals surface area contributed by atoms with E-state index in [0.717, 1.165) is 0 Å². The van der Waals surface area contributed by atoms with Crippen LogP contribution in [0.4, 0.5) is 0 Å². The first kappa shape index (κ1) is 14.3. The zero-order valence-electron chi connectivity index (χ0n) is 12.0. The maximum absolute atomic E-state index is 12.0. The Morgan fingerprint density at radius 1 is 1.41 bits per heavy atom. The maximum atomic E-state index is 12.0. The molecule has 120 valence electrons. The van der Waals surface area contributed by atoms with E-state index in [1.807, 2.05) is 0 Å². The van der Waals surface area contributed by atoms with E-state index in [1.54, 1.807) is 6.92 Å². The average molecular weight is 330 g/mol. The second-order valence-electron chi connectivity index (χ2n) is 5.90. The normalized spacial score (nSPS) is 43.3. The van der Waals surface area contributed by atoms with Crippen molar-refractivity contribution in [2.24, 2.45) is 0 Å². The predicted octanol–water partition coefficient (Wildman–Crippen LogP) is -0.250. The molecule has 0 amide bonds. The van der Waals surface area contributed by atoms with Crippen LogP contribution in [0.15, 0.2) is 15.8 Å². The number of rotatable bonds is 1. The highest BCUT2D eigenvalue weighted by atomic mass is 31.2. The Balaban J connectivity index is 1.75. The minimum absolute atomic E-state index is 0.0789. The number of aromatic nitrogens is 2. The summed E-state index contributed by atoms with van der Waals surface area (Å²) in [5.74, 6) is 0. The Hall–Kier alpha value is -1.25. The first-order valence-electron chi connectivity index (χ1n) is 6.83. The second kappa shape index (κ2) is 4.39. The van der Waals surface area contributed by atoms with E-state index in [-0.39, 0.29) is 13.2 Å². The van der Waals surface area contributed by atoms with Gasteiger partial charge in [-0.05, 0) is 6.92 Å². The molecule has 0 radical (unpaired) electrons. The van der Waals surface area contributed by atoms with Crippen LogP contribution in [0.25, 0.3) is 0 Å². The van der Waals surface area contributed by atoms with Gasteiger partial charge in [0, 0.05) is 18.4 Å². The zero-order chi connectivity index (χ0) is 15.7. The summed E-state index contributed by atoms with van der Waals surface area (Å²) in [6, 6.07) is 0. The smallest absolute Gasteiger partial charge is 0.330 e. The van der Waals surface area contributed by atoms with E-state index in [4.69, 9.17) is 18.5 Å². The van der Waals surface area contributed by atoms with Crippen molar-refractivity contribution in [2.75, 3.05) is 19.9 Å². The van der Waals surface area contributed by atoms with Gasteiger partial charge in [0.25, 0.3) is 5.56 Å². The highest BCUT2D eigenvalue weighted by Crippen LogP contribution is 2.59. The van der Waals surface area contributed by atoms with Crippen LogP contribution in [-0.2, 0) is 23.1 Å². The van der Waals surface area contributed by atoms with E-state index in [1.165, 1.54) is 17.4 Å². The first-order valence-corrected chi connectivity index (χ1v) is 8.82. The van der Waals surface area contributed by atoms with Crippen LogP contribution in [0.5, 0.6) is 0 Å². The number of hydrogen-bond acceptors (Lipinski definition) is 7. The number of hydrogen-bond donors (Lipinski definition) is 1. The average Bonchev–Trinajstić information content (AvgIpc) is 2.94. The van der Waals surface area contributed by atoms with Gasteiger partial charge in [0.2, 0.25) is 0 Å². The number of ether oxygens (including phenoxy) is 2. The van der Waals surface area contributed by atoms with Crippen LogP contribution in [0, 0.1) is 6.92 Å². The van der Waals surface area contributed by atoms with Crippen molar-refractivity contribution in [1.82, 2.24) is 9.55 Å². The van der Waals surface area contributed by atoms with Gasteiger partial charge in [0.15, 0.2) is 6.23 Å². The Morgan fingerprint density at radius 2 is 2.18 bits per heavy atom. The van der Waals surface area contributed by atoms with E-state index >= 15 is 0 Å². The lowest BCUT2D eigenvalue weighted by Crippen LogP contribution is -2.48. The predicted molar refractivity (Wildman–Crippen MR) is 73.0 cm³/mol. The fraction of sp³-hybridized carbons (Fsp3) is 0.667. The number of aryl methyl sites for hydroxylation is 1. The van der Waals surface area contributed by atoms with E-state index in [9.17, 15) is 14.2 Å². The number of aromatic amines is 1. The van der Waals surface area contributed by atoms with E-state index < -0.39 is 42.9 Å². The number of nitrogens with one attached hydrogen (secondary N) is 1. The van der Waals surface area contributed by atoms with Crippen LogP contribution in [0.2, 0.25) is 0 Å². The van der Waals surface area contributed by atoms with Crippen LogP contribution < -0.4 is 11.2 Å². The van der Waals surface area contributed by atoms with Crippen LogP contribution >= 0.6 is 7.60 Å². The third-order valence-corrected chi connectivity index (χ3v) is 5.45. The molecule has 22 heavy (non-hydrogen) atoms. The zero-order valence-corrected chi connectivity index (χ0v) is 12.9. The molecule has 1 unspecified atom stereocenters. The number of nitrogens with zero attached hydrogens (tertiary/aromatic N) is 1. The SMILES string of the molecule is Cc1cn([C@@H]2O[C@@]34CO[C@@H]2[C@@H]3OP(C)(=O)OC4)c(=O)[nH]c1=O. The van der Waals surface area contributed by atoms with Gasteiger partial charge in [0.05, 0.1) is 13.2 Å². The van der Waals surface area contributed by atoms with Gasteiger partial charge in [-0.2, -0.15) is 0 Å². The fourth-order valence-corrected chi connectivity index (χ4v) is 4.35. The van der Waals surface area contributed by atoms with Crippen LogP contribution in [0.1, 0.15) is 11.8 Å². The van der Waals surface area contributed by atoms with Crippen molar-refractivity contribution in [3.63, 3.8) is 0 Å². The molecule has 9 nitrogen and oxygen atoms in total. The van der Waals surface area contributed by atoms with Gasteiger partial charge < -0.3 is 14.0 Å². The molecule has 0 saturated carbocycles. The topological polar surface area (TPSA) is 109 Å². The van der Waals surface area contributed by atoms with Crippen molar-refractivity contribution in [3.05, 3.63) is 32.6 Å². The summed E-state index contributed by atoms with van der Waals surface area (Å²) in [5.41, 5.74) is -1.53. The summed E-state index contributed by atoms with van der Waals surface area (Å²) in [4.78, 5) is 25.7. The fourth-order valence-electron chi connectivity index (χ4n) is 3.11. The second-order valence-corrected chi connectivity index (χ2v) is 7.91. The molecule has 1 aromatic heterocycles. The minimum atomic E-state index is -3.15. The van der Waals surface area contributed by atoms with Gasteiger partial charge >= 0.3 is 13.3 Å². The lowest BCUT2D eigenvalue weighted by molar-refractivity contribution is -0.189. The molecule has 3 aliphatic heterocycles. The molecule has 0 aromatic carbocycles. The third-order valence-electron chi connectivity index (χ3n) is 4.24. The standard InChI is InChI=1S/C12H15N2O7P/c1-6-3-14(11(16)13-9(6)15)10-7-8-12(20-10,4-18-7)5-19-22(2,17)21-8/h3,7-8,10H,4-5H2,1-2H3,(H,13,15,16)/t7-,8+,10-,12-,22?/m1/s1. The molecule has 2 bridgehead atoms. The van der Waals surface area contributed by atoms with Gasteiger partial charge in [0.1, 0.15) is 17.8 Å². The van der Waals surface area contributed by atoms with Gasteiger partial charge in [-0.3, -0.25) is 23.4 Å². The van der Waals surface area contributed by atoms with Gasteiger partial charge in [-0.1, -0.05) is 0 Å². The highest BCUT2D eigenvalue weighted by Gasteiger charge is 2.67. The summed E-state index contributed by atoms with van der Waals surface area (Å²) in [6.07, 6.45) is -0.491. The molecule has 3 aliphatic rings. The molecular formula is C12H15N2O7P. The lowest BCUT2D eigenvalue weighted by Gasteiger charge is -2.36. The van der Waals surface area contributed by atoms with E-state index in [0.29, 0.717) is 5.56 Å². The summed E-state index contributed by atoms with van der Waals surface area (Å²) in [5, 5.41) is 0. The van der Waals surface area contributed by atoms with Gasteiger partial charge in [-0.25, -0.2) is 4.79 Å². The first-order chi connectivity index (χ1) is 10.3. The summed E-state index contributed by atoms with van der Waals surface area (Å²) in [6.45, 7) is 3.31. The molecular weight excluding hydrogens is 315 g/mol. The Kier molecular flexibility index (Phi) is 2.87. The quantitative estimate of drug-likeness (QED) is 0.707. The third kappa shape index (κ3) is 1.90. The van der Waals surface area contributed by atoms with Crippen LogP contribution in [0.3, 0.4) is 0 Å². The van der Waals surface area contributed by atoms with Crippen LogP contribution in [-0.4, -0.2) is 47.2 Å². The largest absolute Gasteiger partial charge is 0.367 e. The highest BCUT2D eigenvalue weighted by molar-refractivity contribution is 7.53. The van der Waals surface area contributed by atoms with Gasteiger partial charge in [-0.15, -0.1) is 0 Å². The molecule has 5 atom stereocenters. The van der Waals surface area contributed by atoms with Crippen molar-refractivity contribution >= 4 is 7.60 Å². The molecule has 10 heteroatoms.